The molecular formula is C22H24Cl2N4O2. The van der Waals surface area contributed by atoms with Crippen LogP contribution in [0.15, 0.2) is 47.0 Å². The number of carbonyl (C=O) groups excluding carboxylic acids is 1. The molecule has 0 unspecified atom stereocenters. The SMILES string of the molecule is Cc1noc(-c2ccc(C(=O)N(CCCN(C)C)Cc3ccc(Cl)c(Cl)c3)cc2)n1. The van der Waals surface area contributed by atoms with Crippen LogP contribution in [0.4, 0.5) is 0 Å². The third-order valence-electron chi connectivity index (χ3n) is 4.58. The molecule has 0 fully saturated rings. The average molecular weight is 447 g/mol. The molecule has 0 saturated carbocycles. The highest BCUT2D eigenvalue weighted by Gasteiger charge is 2.17. The van der Waals surface area contributed by atoms with Gasteiger partial charge in [-0.1, -0.05) is 34.4 Å². The summed E-state index contributed by atoms with van der Waals surface area (Å²) in [5.41, 5.74) is 2.30. The van der Waals surface area contributed by atoms with Gasteiger partial charge in [0.1, 0.15) is 0 Å². The zero-order chi connectivity index (χ0) is 21.7. The van der Waals surface area contributed by atoms with E-state index < -0.39 is 0 Å². The van der Waals surface area contributed by atoms with Crippen molar-refractivity contribution in [1.82, 2.24) is 19.9 Å². The van der Waals surface area contributed by atoms with Crippen molar-refractivity contribution in [2.45, 2.75) is 19.9 Å². The zero-order valence-corrected chi connectivity index (χ0v) is 18.7. The molecule has 3 rings (SSSR count). The minimum absolute atomic E-state index is 0.0481. The highest BCUT2D eigenvalue weighted by molar-refractivity contribution is 6.42. The van der Waals surface area contributed by atoms with Crippen LogP contribution in [0.2, 0.25) is 10.0 Å². The van der Waals surface area contributed by atoms with Crippen LogP contribution in [-0.2, 0) is 6.54 Å². The van der Waals surface area contributed by atoms with Crippen molar-refractivity contribution in [3.8, 4) is 11.5 Å². The van der Waals surface area contributed by atoms with Crippen LogP contribution in [-0.4, -0.2) is 53.0 Å². The Balaban J connectivity index is 1.78. The lowest BCUT2D eigenvalue weighted by molar-refractivity contribution is 0.0737. The lowest BCUT2D eigenvalue weighted by Crippen LogP contribution is -2.33. The Morgan fingerprint density at radius 2 is 1.77 bits per heavy atom. The van der Waals surface area contributed by atoms with Crippen LogP contribution in [0.5, 0.6) is 0 Å². The maximum atomic E-state index is 13.2. The first-order valence-corrected chi connectivity index (χ1v) is 10.4. The molecule has 1 amide bonds. The Bertz CT molecular complexity index is 1000. The fraction of sp³-hybridized carbons (Fsp3) is 0.318. The van der Waals surface area contributed by atoms with Gasteiger partial charge in [0.25, 0.3) is 11.8 Å². The van der Waals surface area contributed by atoms with Gasteiger partial charge in [0, 0.05) is 24.2 Å². The number of hydrogen-bond acceptors (Lipinski definition) is 5. The zero-order valence-electron chi connectivity index (χ0n) is 17.2. The summed E-state index contributed by atoms with van der Waals surface area (Å²) in [7, 11) is 4.03. The first kappa shape index (κ1) is 22.3. The molecule has 0 aliphatic carbocycles. The van der Waals surface area contributed by atoms with Crippen molar-refractivity contribution in [2.75, 3.05) is 27.2 Å². The standard InChI is InChI=1S/C22H24Cl2N4O2/c1-15-25-21(30-26-15)17-6-8-18(9-7-17)22(29)28(12-4-11-27(2)3)14-16-5-10-19(23)20(24)13-16/h5-10,13H,4,11-12,14H2,1-3H3. The molecule has 158 valence electrons. The van der Waals surface area contributed by atoms with E-state index in [1.165, 1.54) is 0 Å². The minimum Gasteiger partial charge on any atom is -0.334 e. The molecule has 3 aromatic rings. The second kappa shape index (κ2) is 10.1. The molecule has 0 atom stereocenters. The molecule has 1 aromatic heterocycles. The molecule has 0 spiro atoms. The number of halogens is 2. The van der Waals surface area contributed by atoms with Gasteiger partial charge in [-0.25, -0.2) is 0 Å². The maximum Gasteiger partial charge on any atom is 0.257 e. The molecule has 0 N–H and O–H groups in total. The summed E-state index contributed by atoms with van der Waals surface area (Å²) in [5.74, 6) is 0.956. The Morgan fingerprint density at radius 3 is 2.37 bits per heavy atom. The van der Waals surface area contributed by atoms with Gasteiger partial charge in [-0.15, -0.1) is 0 Å². The molecule has 6 nitrogen and oxygen atoms in total. The van der Waals surface area contributed by atoms with Gasteiger partial charge in [0.2, 0.25) is 0 Å². The Morgan fingerprint density at radius 1 is 1.03 bits per heavy atom. The van der Waals surface area contributed by atoms with Gasteiger partial charge >= 0.3 is 0 Å². The van der Waals surface area contributed by atoms with Crippen LogP contribution in [0.25, 0.3) is 11.5 Å². The van der Waals surface area contributed by atoms with Crippen LogP contribution in [0.1, 0.15) is 28.2 Å². The monoisotopic (exact) mass is 446 g/mol. The van der Waals surface area contributed by atoms with Crippen LogP contribution < -0.4 is 0 Å². The van der Waals surface area contributed by atoms with Gasteiger partial charge in [0.15, 0.2) is 5.82 Å². The summed E-state index contributed by atoms with van der Waals surface area (Å²) >= 11 is 12.2. The first-order valence-electron chi connectivity index (χ1n) is 9.62. The predicted octanol–water partition coefficient (Wildman–Crippen LogP) is 4.95. The summed E-state index contributed by atoms with van der Waals surface area (Å²) in [6.07, 6.45) is 0.861. The number of carbonyl (C=O) groups is 1. The van der Waals surface area contributed by atoms with E-state index >= 15 is 0 Å². The fourth-order valence-corrected chi connectivity index (χ4v) is 3.36. The molecule has 0 aliphatic heterocycles. The van der Waals surface area contributed by atoms with Gasteiger partial charge in [0.05, 0.1) is 10.0 Å². The largest absolute Gasteiger partial charge is 0.334 e. The smallest absolute Gasteiger partial charge is 0.257 e. The average Bonchev–Trinajstić information content (AvgIpc) is 3.15. The van der Waals surface area contributed by atoms with E-state index in [1.807, 2.05) is 37.2 Å². The Kier molecular flexibility index (Phi) is 7.48. The molecule has 0 radical (unpaired) electrons. The third-order valence-corrected chi connectivity index (χ3v) is 5.32. The lowest BCUT2D eigenvalue weighted by Gasteiger charge is -2.24. The number of aromatic nitrogens is 2. The molecule has 0 bridgehead atoms. The molecule has 0 saturated heterocycles. The normalized spacial score (nSPS) is 11.1. The van der Waals surface area contributed by atoms with E-state index in [0.29, 0.717) is 40.4 Å². The summed E-state index contributed by atoms with van der Waals surface area (Å²) in [5, 5.41) is 4.78. The second-order valence-electron chi connectivity index (χ2n) is 7.36. The topological polar surface area (TPSA) is 62.5 Å². The molecule has 30 heavy (non-hydrogen) atoms. The van der Waals surface area contributed by atoms with Crippen molar-refractivity contribution in [2.24, 2.45) is 0 Å². The first-order chi connectivity index (χ1) is 14.3. The maximum absolute atomic E-state index is 13.2. The summed E-state index contributed by atoms with van der Waals surface area (Å²) in [6, 6.07) is 12.6. The van der Waals surface area contributed by atoms with E-state index in [-0.39, 0.29) is 5.91 Å². The van der Waals surface area contributed by atoms with Crippen LogP contribution in [0.3, 0.4) is 0 Å². The van der Waals surface area contributed by atoms with Crippen molar-refractivity contribution in [1.29, 1.82) is 0 Å². The number of aryl methyl sites for hydroxylation is 1. The van der Waals surface area contributed by atoms with Crippen LogP contribution in [0, 0.1) is 6.92 Å². The quantitative estimate of drug-likeness (QED) is 0.489. The number of nitrogens with zero attached hydrogens (tertiary/aromatic N) is 4. The van der Waals surface area contributed by atoms with E-state index in [1.54, 1.807) is 31.2 Å². The highest BCUT2D eigenvalue weighted by Crippen LogP contribution is 2.24. The van der Waals surface area contributed by atoms with E-state index in [2.05, 4.69) is 15.0 Å². The number of hydrogen-bond donors (Lipinski definition) is 0. The molecule has 8 heteroatoms. The molecule has 1 heterocycles. The molecule has 0 aliphatic rings. The summed E-state index contributed by atoms with van der Waals surface area (Å²) in [4.78, 5) is 21.4. The molecular weight excluding hydrogens is 423 g/mol. The minimum atomic E-state index is -0.0481. The van der Waals surface area contributed by atoms with Gasteiger partial charge in [-0.2, -0.15) is 4.98 Å². The Labute approximate surface area is 186 Å². The predicted molar refractivity (Wildman–Crippen MR) is 119 cm³/mol. The third kappa shape index (κ3) is 5.81. The van der Waals surface area contributed by atoms with Crippen molar-refractivity contribution >= 4 is 29.1 Å². The molecule has 2 aromatic carbocycles. The summed E-state index contributed by atoms with van der Waals surface area (Å²) < 4.78 is 5.19. The highest BCUT2D eigenvalue weighted by atomic mass is 35.5. The number of benzene rings is 2. The van der Waals surface area contributed by atoms with E-state index in [0.717, 1.165) is 24.1 Å². The summed E-state index contributed by atoms with van der Waals surface area (Å²) in [6.45, 7) is 3.73. The van der Waals surface area contributed by atoms with E-state index in [9.17, 15) is 4.79 Å². The van der Waals surface area contributed by atoms with Gasteiger partial charge in [-0.3, -0.25) is 4.79 Å². The number of amides is 1. The Hall–Kier alpha value is -2.41. The lowest BCUT2D eigenvalue weighted by atomic mass is 10.1. The van der Waals surface area contributed by atoms with Crippen molar-refractivity contribution in [3.05, 3.63) is 69.5 Å². The van der Waals surface area contributed by atoms with Gasteiger partial charge < -0.3 is 14.3 Å². The van der Waals surface area contributed by atoms with Crippen molar-refractivity contribution in [3.63, 3.8) is 0 Å². The van der Waals surface area contributed by atoms with Gasteiger partial charge in [-0.05, 0) is 75.9 Å². The number of rotatable bonds is 8. The van der Waals surface area contributed by atoms with Crippen molar-refractivity contribution < 1.29 is 9.32 Å². The van der Waals surface area contributed by atoms with Crippen LogP contribution >= 0.6 is 23.2 Å². The fourth-order valence-electron chi connectivity index (χ4n) is 3.04. The second-order valence-corrected chi connectivity index (χ2v) is 8.17. The van der Waals surface area contributed by atoms with E-state index in [4.69, 9.17) is 27.7 Å².